The molecule has 0 unspecified atom stereocenters. The number of nitrogens with one attached hydrogen (secondary N) is 1. The van der Waals surface area contributed by atoms with Gasteiger partial charge in [0.05, 0.1) is 11.3 Å². The van der Waals surface area contributed by atoms with E-state index in [9.17, 15) is 22.4 Å². The quantitative estimate of drug-likeness (QED) is 0.666. The molecule has 1 aliphatic heterocycles. The van der Waals surface area contributed by atoms with E-state index in [1.165, 1.54) is 24.4 Å². The van der Waals surface area contributed by atoms with Crippen molar-refractivity contribution in [2.24, 2.45) is 5.92 Å². The minimum Gasteiger partial charge on any atom is -0.357 e. The van der Waals surface area contributed by atoms with Crippen molar-refractivity contribution >= 4 is 17.4 Å². The van der Waals surface area contributed by atoms with Crippen LogP contribution in [0.25, 0.3) is 0 Å². The summed E-state index contributed by atoms with van der Waals surface area (Å²) in [6, 6.07) is 5.28. The Labute approximate surface area is 147 Å². The number of aromatic nitrogens is 2. The number of hydrogen-bond donors (Lipinski definition) is 1. The van der Waals surface area contributed by atoms with Crippen molar-refractivity contribution in [2.45, 2.75) is 19.0 Å². The second kappa shape index (κ2) is 7.27. The van der Waals surface area contributed by atoms with Crippen molar-refractivity contribution in [3.8, 4) is 0 Å². The van der Waals surface area contributed by atoms with E-state index >= 15 is 0 Å². The smallest absolute Gasteiger partial charge is 0.357 e. The molecule has 0 radical (unpaired) electrons. The summed E-state index contributed by atoms with van der Waals surface area (Å²) in [5, 5.41) is 2.52. The summed E-state index contributed by atoms with van der Waals surface area (Å²) in [5.41, 5.74) is -0.765. The fraction of sp³-hybridized carbons (Fsp3) is 0.353. The molecular weight excluding hydrogens is 352 g/mol. The molecule has 138 valence electrons. The largest absolute Gasteiger partial charge is 0.417 e. The highest BCUT2D eigenvalue weighted by atomic mass is 19.4. The molecule has 1 saturated heterocycles. The minimum atomic E-state index is -4.42. The van der Waals surface area contributed by atoms with Gasteiger partial charge in [-0.25, -0.2) is 9.97 Å². The van der Waals surface area contributed by atoms with Crippen LogP contribution in [0.1, 0.15) is 18.4 Å². The second-order valence-electron chi connectivity index (χ2n) is 6.00. The Kier molecular flexibility index (Phi) is 5.06. The second-order valence-corrected chi connectivity index (χ2v) is 6.00. The first-order valence-electron chi connectivity index (χ1n) is 8.04. The Morgan fingerprint density at radius 1 is 1.15 bits per heavy atom. The zero-order chi connectivity index (χ0) is 18.7. The number of hydrogen-bond acceptors (Lipinski definition) is 4. The summed E-state index contributed by atoms with van der Waals surface area (Å²) in [6.07, 6.45) is -1.33. The molecule has 0 atom stereocenters. The third kappa shape index (κ3) is 4.09. The first kappa shape index (κ1) is 18.1. The Balaban J connectivity index is 1.57. The lowest BCUT2D eigenvalue weighted by Gasteiger charge is -2.32. The van der Waals surface area contributed by atoms with Crippen molar-refractivity contribution < 1.29 is 22.4 Å². The number of alkyl halides is 3. The van der Waals surface area contributed by atoms with Gasteiger partial charge in [-0.05, 0) is 37.1 Å². The van der Waals surface area contributed by atoms with E-state index in [1.807, 2.05) is 4.90 Å². The Hall–Kier alpha value is -2.71. The van der Waals surface area contributed by atoms with Crippen LogP contribution in [0.4, 0.5) is 29.1 Å². The number of rotatable bonds is 3. The third-order valence-electron chi connectivity index (χ3n) is 4.28. The van der Waals surface area contributed by atoms with Gasteiger partial charge in [0.2, 0.25) is 11.9 Å². The van der Waals surface area contributed by atoms with Crippen LogP contribution >= 0.6 is 0 Å². The molecule has 1 fully saturated rings. The SMILES string of the molecule is O=C(Nc1cccnc1F)C1CCN(c2ccc(C(F)(F)F)cn2)CC1. The van der Waals surface area contributed by atoms with Crippen molar-refractivity contribution in [1.29, 1.82) is 0 Å². The Bertz CT molecular complexity index is 771. The predicted octanol–water partition coefficient (Wildman–Crippen LogP) is 3.49. The van der Waals surface area contributed by atoms with Gasteiger partial charge in [0, 0.05) is 31.4 Å². The highest BCUT2D eigenvalue weighted by Crippen LogP contribution is 2.30. The fourth-order valence-corrected chi connectivity index (χ4v) is 2.83. The number of anilines is 2. The summed E-state index contributed by atoms with van der Waals surface area (Å²) in [5.74, 6) is -0.903. The number of carbonyl (C=O) groups is 1. The van der Waals surface area contributed by atoms with Crippen molar-refractivity contribution in [1.82, 2.24) is 9.97 Å². The van der Waals surface area contributed by atoms with E-state index in [0.717, 1.165) is 12.3 Å². The van der Waals surface area contributed by atoms with Crippen LogP contribution in [-0.2, 0) is 11.0 Å². The number of amides is 1. The van der Waals surface area contributed by atoms with Gasteiger partial charge in [0.25, 0.3) is 0 Å². The van der Waals surface area contributed by atoms with Crippen molar-refractivity contribution in [3.63, 3.8) is 0 Å². The molecule has 3 heterocycles. The van der Waals surface area contributed by atoms with Crippen LogP contribution in [0.15, 0.2) is 36.7 Å². The van der Waals surface area contributed by atoms with E-state index < -0.39 is 17.7 Å². The van der Waals surface area contributed by atoms with Crippen LogP contribution < -0.4 is 10.2 Å². The van der Waals surface area contributed by atoms with Crippen LogP contribution in [0.3, 0.4) is 0 Å². The van der Waals surface area contributed by atoms with Crippen LogP contribution in [0, 0.1) is 11.9 Å². The van der Waals surface area contributed by atoms with Crippen LogP contribution in [0.5, 0.6) is 0 Å². The number of halogens is 4. The Morgan fingerprint density at radius 3 is 2.46 bits per heavy atom. The van der Waals surface area contributed by atoms with Crippen LogP contribution in [-0.4, -0.2) is 29.0 Å². The molecule has 1 aliphatic rings. The van der Waals surface area contributed by atoms with Gasteiger partial charge in [0.1, 0.15) is 5.82 Å². The van der Waals surface area contributed by atoms with E-state index in [0.29, 0.717) is 31.7 Å². The summed E-state index contributed by atoms with van der Waals surface area (Å²) in [4.78, 5) is 21.4. The van der Waals surface area contributed by atoms with E-state index in [1.54, 1.807) is 0 Å². The summed E-state index contributed by atoms with van der Waals surface area (Å²) >= 11 is 0. The molecular formula is C17H16F4N4O. The molecule has 3 rings (SSSR count). The maximum absolute atomic E-state index is 13.5. The molecule has 2 aromatic rings. The third-order valence-corrected chi connectivity index (χ3v) is 4.28. The summed E-state index contributed by atoms with van der Waals surface area (Å²) in [6.45, 7) is 0.956. The normalized spacial score (nSPS) is 15.8. The van der Waals surface area contributed by atoms with Crippen molar-refractivity contribution in [3.05, 3.63) is 48.2 Å². The van der Waals surface area contributed by atoms with Gasteiger partial charge in [-0.3, -0.25) is 4.79 Å². The molecule has 1 amide bonds. The lowest BCUT2D eigenvalue weighted by Crippen LogP contribution is -2.38. The Morgan fingerprint density at radius 2 is 1.88 bits per heavy atom. The molecule has 5 nitrogen and oxygen atoms in total. The molecule has 26 heavy (non-hydrogen) atoms. The van der Waals surface area contributed by atoms with Gasteiger partial charge >= 0.3 is 6.18 Å². The fourth-order valence-electron chi connectivity index (χ4n) is 2.83. The van der Waals surface area contributed by atoms with E-state index in [2.05, 4.69) is 15.3 Å². The standard InChI is InChI=1S/C17H16F4N4O/c18-15-13(2-1-7-22-15)24-16(26)11-5-8-25(9-6-11)14-4-3-12(10-23-14)17(19,20)21/h1-4,7,10-11H,5-6,8-9H2,(H,24,26). The average Bonchev–Trinajstić information content (AvgIpc) is 2.63. The monoisotopic (exact) mass is 368 g/mol. The molecule has 0 saturated carbocycles. The first-order chi connectivity index (χ1) is 12.3. The lowest BCUT2D eigenvalue weighted by molar-refractivity contribution is -0.137. The topological polar surface area (TPSA) is 58.1 Å². The molecule has 0 bridgehead atoms. The maximum Gasteiger partial charge on any atom is 0.417 e. The zero-order valence-electron chi connectivity index (χ0n) is 13.6. The van der Waals surface area contributed by atoms with Gasteiger partial charge in [-0.1, -0.05) is 0 Å². The predicted molar refractivity (Wildman–Crippen MR) is 87.0 cm³/mol. The molecule has 0 spiro atoms. The van der Waals surface area contributed by atoms with Gasteiger partial charge in [-0.15, -0.1) is 0 Å². The lowest BCUT2D eigenvalue weighted by atomic mass is 9.96. The van der Waals surface area contributed by atoms with E-state index in [-0.39, 0.29) is 17.5 Å². The summed E-state index contributed by atoms with van der Waals surface area (Å²) in [7, 11) is 0. The molecule has 1 N–H and O–H groups in total. The number of nitrogens with zero attached hydrogens (tertiary/aromatic N) is 3. The van der Waals surface area contributed by atoms with Gasteiger partial charge in [-0.2, -0.15) is 17.6 Å². The highest BCUT2D eigenvalue weighted by molar-refractivity contribution is 5.92. The van der Waals surface area contributed by atoms with Crippen molar-refractivity contribution in [2.75, 3.05) is 23.3 Å². The van der Waals surface area contributed by atoms with Gasteiger partial charge in [0.15, 0.2) is 0 Å². The highest BCUT2D eigenvalue weighted by Gasteiger charge is 2.31. The molecule has 0 aromatic carbocycles. The molecule has 0 aliphatic carbocycles. The average molecular weight is 368 g/mol. The van der Waals surface area contributed by atoms with E-state index in [4.69, 9.17) is 0 Å². The van der Waals surface area contributed by atoms with Crippen LogP contribution in [0.2, 0.25) is 0 Å². The number of carbonyl (C=O) groups excluding carboxylic acids is 1. The number of pyridine rings is 2. The zero-order valence-corrected chi connectivity index (χ0v) is 13.6. The van der Waals surface area contributed by atoms with Gasteiger partial charge < -0.3 is 10.2 Å². The molecule has 2 aromatic heterocycles. The first-order valence-corrected chi connectivity index (χ1v) is 8.04. The number of piperidine rings is 1. The summed E-state index contributed by atoms with van der Waals surface area (Å²) < 4.78 is 51.2. The maximum atomic E-state index is 13.5. The molecule has 9 heteroatoms. The minimum absolute atomic E-state index is 0.0318.